The second-order valence-corrected chi connectivity index (χ2v) is 5.44. The van der Waals surface area contributed by atoms with Gasteiger partial charge in [-0.25, -0.2) is 0 Å². The fourth-order valence-corrected chi connectivity index (χ4v) is 2.36. The molecule has 0 aliphatic carbocycles. The molecule has 1 fully saturated rings. The zero-order chi connectivity index (χ0) is 15.3. The molecular weight excluding hydrogens is 280 g/mol. The number of hydrogen-bond acceptors (Lipinski definition) is 4. The molecule has 1 unspecified atom stereocenters. The smallest absolute Gasteiger partial charge is 0.387 e. The molecule has 6 heteroatoms. The average molecular weight is 301 g/mol. The van der Waals surface area contributed by atoms with E-state index in [-0.39, 0.29) is 23.8 Å². The molecule has 1 heterocycles. The molecule has 21 heavy (non-hydrogen) atoms. The van der Waals surface area contributed by atoms with Crippen LogP contribution in [0, 0.1) is 5.41 Å². The molecule has 0 aromatic heterocycles. The molecular formula is C15H21F2NO3. The first-order valence-corrected chi connectivity index (χ1v) is 7.05. The highest BCUT2D eigenvalue weighted by molar-refractivity contribution is 5.29. The van der Waals surface area contributed by atoms with Crippen LogP contribution in [-0.2, 0) is 4.74 Å². The van der Waals surface area contributed by atoms with E-state index in [0.717, 1.165) is 12.0 Å². The van der Waals surface area contributed by atoms with Crippen molar-refractivity contribution in [3.63, 3.8) is 0 Å². The summed E-state index contributed by atoms with van der Waals surface area (Å²) in [6, 6.07) is 6.75. The number of ether oxygens (including phenoxy) is 2. The Hall–Kier alpha value is -1.24. The van der Waals surface area contributed by atoms with E-state index in [0.29, 0.717) is 19.8 Å². The summed E-state index contributed by atoms with van der Waals surface area (Å²) in [5.74, 6) is 0.155. The molecule has 1 atom stereocenters. The van der Waals surface area contributed by atoms with Crippen LogP contribution in [0.4, 0.5) is 8.78 Å². The Morgan fingerprint density at radius 1 is 1.33 bits per heavy atom. The molecule has 1 saturated heterocycles. The number of nitrogens with one attached hydrogen (secondary N) is 1. The fraction of sp³-hybridized carbons (Fsp3) is 0.600. The molecule has 0 bridgehead atoms. The van der Waals surface area contributed by atoms with Crippen molar-refractivity contribution in [2.75, 3.05) is 26.4 Å². The van der Waals surface area contributed by atoms with E-state index in [4.69, 9.17) is 4.74 Å². The monoisotopic (exact) mass is 301 g/mol. The van der Waals surface area contributed by atoms with Gasteiger partial charge >= 0.3 is 6.61 Å². The van der Waals surface area contributed by atoms with Crippen molar-refractivity contribution in [1.29, 1.82) is 0 Å². The Morgan fingerprint density at radius 2 is 2.00 bits per heavy atom. The number of aliphatic hydroxyl groups is 1. The summed E-state index contributed by atoms with van der Waals surface area (Å²) in [5, 5.41) is 12.8. The molecule has 1 aromatic rings. The number of benzene rings is 1. The Morgan fingerprint density at radius 3 is 2.43 bits per heavy atom. The third-order valence-electron chi connectivity index (χ3n) is 3.79. The van der Waals surface area contributed by atoms with Gasteiger partial charge in [0, 0.05) is 12.6 Å². The van der Waals surface area contributed by atoms with Gasteiger partial charge in [0.25, 0.3) is 0 Å². The summed E-state index contributed by atoms with van der Waals surface area (Å²) in [4.78, 5) is 0. The van der Waals surface area contributed by atoms with Crippen LogP contribution < -0.4 is 10.1 Å². The Kier molecular flexibility index (Phi) is 5.50. The Labute approximate surface area is 123 Å². The highest BCUT2D eigenvalue weighted by Gasteiger charge is 2.38. The van der Waals surface area contributed by atoms with Gasteiger partial charge in [-0.1, -0.05) is 19.1 Å². The number of rotatable bonds is 8. The van der Waals surface area contributed by atoms with E-state index in [9.17, 15) is 13.9 Å². The van der Waals surface area contributed by atoms with E-state index < -0.39 is 6.61 Å². The van der Waals surface area contributed by atoms with Crippen LogP contribution in [0.3, 0.4) is 0 Å². The topological polar surface area (TPSA) is 50.7 Å². The van der Waals surface area contributed by atoms with Crippen molar-refractivity contribution in [3.05, 3.63) is 29.8 Å². The maximum Gasteiger partial charge on any atom is 0.387 e. The van der Waals surface area contributed by atoms with Crippen molar-refractivity contribution in [2.24, 2.45) is 5.41 Å². The average Bonchev–Trinajstić information content (AvgIpc) is 2.43. The lowest BCUT2D eigenvalue weighted by atomic mass is 9.86. The summed E-state index contributed by atoms with van der Waals surface area (Å²) in [7, 11) is 0. The van der Waals surface area contributed by atoms with Crippen LogP contribution in [0.25, 0.3) is 0 Å². The highest BCUT2D eigenvalue weighted by atomic mass is 19.3. The lowest BCUT2D eigenvalue weighted by Crippen LogP contribution is -2.52. The van der Waals surface area contributed by atoms with Gasteiger partial charge in [-0.05, 0) is 24.1 Å². The van der Waals surface area contributed by atoms with Gasteiger partial charge < -0.3 is 19.9 Å². The minimum absolute atomic E-state index is 0.0948. The normalized spacial score (nSPS) is 18.3. The van der Waals surface area contributed by atoms with Crippen LogP contribution in [0.1, 0.15) is 24.9 Å². The summed E-state index contributed by atoms with van der Waals surface area (Å²) < 4.78 is 33.7. The molecule has 1 aliphatic heterocycles. The zero-order valence-corrected chi connectivity index (χ0v) is 12.0. The maximum atomic E-state index is 12.1. The molecule has 2 N–H and O–H groups in total. The fourth-order valence-electron chi connectivity index (χ4n) is 2.36. The summed E-state index contributed by atoms with van der Waals surface area (Å²) in [5.41, 5.74) is 0.819. The molecule has 4 nitrogen and oxygen atoms in total. The Balaban J connectivity index is 1.93. The quantitative estimate of drug-likeness (QED) is 0.774. The third kappa shape index (κ3) is 4.12. The van der Waals surface area contributed by atoms with Crippen molar-refractivity contribution in [2.45, 2.75) is 26.0 Å². The highest BCUT2D eigenvalue weighted by Crippen LogP contribution is 2.28. The molecule has 118 valence electrons. The van der Waals surface area contributed by atoms with Crippen molar-refractivity contribution in [1.82, 2.24) is 5.32 Å². The molecule has 1 aliphatic rings. The van der Waals surface area contributed by atoms with Gasteiger partial charge in [-0.15, -0.1) is 0 Å². The minimum Gasteiger partial charge on any atom is -0.435 e. The van der Waals surface area contributed by atoms with Crippen molar-refractivity contribution >= 4 is 0 Å². The predicted molar refractivity (Wildman–Crippen MR) is 74.4 cm³/mol. The van der Waals surface area contributed by atoms with Gasteiger partial charge in [0.1, 0.15) is 5.75 Å². The van der Waals surface area contributed by atoms with Crippen LogP contribution in [0.15, 0.2) is 24.3 Å². The largest absolute Gasteiger partial charge is 0.435 e. The summed E-state index contributed by atoms with van der Waals surface area (Å²) in [6.45, 7) is 1.13. The number of hydrogen-bond donors (Lipinski definition) is 2. The van der Waals surface area contributed by atoms with E-state index in [1.165, 1.54) is 0 Å². The van der Waals surface area contributed by atoms with E-state index >= 15 is 0 Å². The van der Waals surface area contributed by atoms with E-state index in [1.54, 1.807) is 24.3 Å². The maximum absolute atomic E-state index is 12.1. The van der Waals surface area contributed by atoms with Gasteiger partial charge in [-0.3, -0.25) is 0 Å². The lowest BCUT2D eigenvalue weighted by Gasteiger charge is -2.41. The Bertz CT molecular complexity index is 430. The molecule has 1 aromatic carbocycles. The first-order valence-electron chi connectivity index (χ1n) is 7.05. The molecule has 0 amide bonds. The molecule has 0 radical (unpaired) electrons. The van der Waals surface area contributed by atoms with Crippen molar-refractivity contribution < 1.29 is 23.4 Å². The van der Waals surface area contributed by atoms with Crippen LogP contribution in [0.2, 0.25) is 0 Å². The van der Waals surface area contributed by atoms with Gasteiger partial charge in [0.2, 0.25) is 0 Å². The lowest BCUT2D eigenvalue weighted by molar-refractivity contribution is -0.135. The number of alkyl halides is 2. The molecule has 0 saturated carbocycles. The molecule has 2 rings (SSSR count). The van der Waals surface area contributed by atoms with Gasteiger partial charge in [-0.2, -0.15) is 8.78 Å². The zero-order valence-electron chi connectivity index (χ0n) is 12.0. The molecule has 0 spiro atoms. The van der Waals surface area contributed by atoms with Gasteiger partial charge in [0.05, 0.1) is 25.2 Å². The second kappa shape index (κ2) is 7.15. The standard InChI is InChI=1S/C15H21F2NO3/c1-2-13(18-7-15(8-19)9-20-10-15)11-3-5-12(6-4-11)21-14(16)17/h3-6,13-14,18-19H,2,7-10H2,1H3. The van der Waals surface area contributed by atoms with E-state index in [2.05, 4.69) is 10.1 Å². The number of halogens is 2. The SMILES string of the molecule is CCC(NCC1(CO)COC1)c1ccc(OC(F)F)cc1. The third-order valence-corrected chi connectivity index (χ3v) is 3.79. The van der Waals surface area contributed by atoms with Gasteiger partial charge in [0.15, 0.2) is 0 Å². The van der Waals surface area contributed by atoms with Crippen LogP contribution >= 0.6 is 0 Å². The van der Waals surface area contributed by atoms with Crippen molar-refractivity contribution in [3.8, 4) is 5.75 Å². The summed E-state index contributed by atoms with van der Waals surface area (Å²) >= 11 is 0. The second-order valence-electron chi connectivity index (χ2n) is 5.44. The predicted octanol–water partition coefficient (Wildman–Crippen LogP) is 2.34. The summed E-state index contributed by atoms with van der Waals surface area (Å²) in [6.07, 6.45) is 0.859. The number of aliphatic hydroxyl groups excluding tert-OH is 1. The van der Waals surface area contributed by atoms with Crippen LogP contribution in [-0.4, -0.2) is 38.1 Å². The first kappa shape index (κ1) is 16.1. The first-order chi connectivity index (χ1) is 10.1. The van der Waals surface area contributed by atoms with E-state index in [1.807, 2.05) is 6.92 Å². The van der Waals surface area contributed by atoms with Crippen LogP contribution in [0.5, 0.6) is 5.75 Å². The minimum atomic E-state index is -2.81.